The number of aromatic nitrogens is 3. The minimum absolute atomic E-state index is 0.0476. The maximum Gasteiger partial charge on any atom is 0.272 e. The van der Waals surface area contributed by atoms with Crippen LogP contribution in [0.1, 0.15) is 39.0 Å². The Morgan fingerprint density at radius 2 is 2.00 bits per heavy atom. The van der Waals surface area contributed by atoms with Crippen LogP contribution in [0.2, 0.25) is 5.02 Å². The van der Waals surface area contributed by atoms with Crippen LogP contribution in [0.3, 0.4) is 0 Å². The number of benzene rings is 1. The first kappa shape index (κ1) is 20.5. The number of carbonyl (C=O) groups is 1. The molecule has 2 aromatic heterocycles. The number of fused-ring (bicyclic) bond motifs is 1. The molecule has 31 heavy (non-hydrogen) atoms. The first-order valence-electron chi connectivity index (χ1n) is 10.5. The Labute approximate surface area is 190 Å². The van der Waals surface area contributed by atoms with Crippen LogP contribution < -0.4 is 0 Å². The smallest absolute Gasteiger partial charge is 0.271 e. The summed E-state index contributed by atoms with van der Waals surface area (Å²) >= 11 is 6.05. The third-order valence-electron chi connectivity index (χ3n) is 5.88. The Morgan fingerprint density at radius 1 is 1.16 bits per heavy atom. The number of halogens is 1. The first-order chi connectivity index (χ1) is 15.0. The van der Waals surface area contributed by atoms with Crippen LogP contribution in [0.15, 0.2) is 42.9 Å². The lowest BCUT2D eigenvalue weighted by Gasteiger charge is -2.28. The summed E-state index contributed by atoms with van der Waals surface area (Å²) in [5.41, 5.74) is 5.73. The molecule has 0 saturated carbocycles. The van der Waals surface area contributed by atoms with E-state index in [4.69, 9.17) is 11.6 Å². The highest BCUT2D eigenvalue weighted by Gasteiger charge is 2.30. The van der Waals surface area contributed by atoms with Gasteiger partial charge in [0.25, 0.3) is 5.91 Å². The zero-order chi connectivity index (χ0) is 21.5. The van der Waals surface area contributed by atoms with Crippen LogP contribution in [-0.4, -0.2) is 50.0 Å². The molecular weight excluding hydrogens is 430 g/mol. The van der Waals surface area contributed by atoms with Crippen LogP contribution in [0.4, 0.5) is 0 Å². The Morgan fingerprint density at radius 3 is 2.81 bits per heavy atom. The predicted octanol–water partition coefficient (Wildman–Crippen LogP) is 4.14. The van der Waals surface area contributed by atoms with Crippen LogP contribution >= 0.6 is 22.5 Å². The number of hydrogen-bond donors (Lipinski definition) is 1. The molecule has 0 bridgehead atoms. The van der Waals surface area contributed by atoms with Gasteiger partial charge in [0.1, 0.15) is 0 Å². The lowest BCUT2D eigenvalue weighted by molar-refractivity contribution is 0.0170. The monoisotopic (exact) mass is 455 g/mol. The molecule has 0 radical (unpaired) electrons. The number of nitrogens with zero attached hydrogens (tertiary/aromatic N) is 5. The van der Waals surface area contributed by atoms with Gasteiger partial charge in [-0.3, -0.25) is 9.80 Å². The maximum atomic E-state index is 13.6. The summed E-state index contributed by atoms with van der Waals surface area (Å²) in [5, 5.41) is 8.79. The fourth-order valence-electron chi connectivity index (χ4n) is 4.44. The minimum Gasteiger partial charge on any atom is -0.271 e. The van der Waals surface area contributed by atoms with Gasteiger partial charge >= 0.3 is 0 Å². The van der Waals surface area contributed by atoms with Crippen molar-refractivity contribution in [3.05, 3.63) is 75.7 Å². The van der Waals surface area contributed by atoms with Gasteiger partial charge in [-0.05, 0) is 47.9 Å². The molecule has 1 atom stereocenters. The van der Waals surface area contributed by atoms with E-state index in [1.54, 1.807) is 23.3 Å². The number of thiol groups is 1. The molecule has 1 amide bonds. The summed E-state index contributed by atoms with van der Waals surface area (Å²) in [4.78, 5) is 18.1. The fraction of sp³-hybridized carbons (Fsp3) is 0.348. The molecule has 2 aliphatic rings. The van der Waals surface area contributed by atoms with E-state index in [0.29, 0.717) is 22.9 Å². The molecular formula is C23H26ClN5OS. The van der Waals surface area contributed by atoms with Crippen molar-refractivity contribution >= 4 is 28.4 Å². The Kier molecular flexibility index (Phi) is 5.50. The minimum atomic E-state index is -0.0476. The van der Waals surface area contributed by atoms with Crippen molar-refractivity contribution in [2.24, 2.45) is 0 Å². The van der Waals surface area contributed by atoms with Crippen molar-refractivity contribution in [1.82, 2.24) is 24.8 Å². The van der Waals surface area contributed by atoms with Gasteiger partial charge in [0.15, 0.2) is 5.82 Å². The molecule has 162 valence electrons. The van der Waals surface area contributed by atoms with Gasteiger partial charge in [-0.25, -0.2) is 25.6 Å². The summed E-state index contributed by atoms with van der Waals surface area (Å²) in [7, 11) is 0.101. The normalized spacial score (nSPS) is 19.7. The van der Waals surface area contributed by atoms with E-state index in [2.05, 4.69) is 39.5 Å². The van der Waals surface area contributed by atoms with Crippen molar-refractivity contribution < 1.29 is 4.79 Å². The SMILES string of the molecule is Cc1cnc(-n2cc(Cl)cn2)c(C(=O)N2CCCN2Cc2ccc3c(c2)C[SH](C)C3)c1. The van der Waals surface area contributed by atoms with Gasteiger partial charge in [-0.1, -0.05) is 29.8 Å². The third kappa shape index (κ3) is 4.10. The van der Waals surface area contributed by atoms with Gasteiger partial charge in [-0.15, -0.1) is 0 Å². The van der Waals surface area contributed by atoms with Crippen molar-refractivity contribution in [2.75, 3.05) is 19.3 Å². The Hall–Kier alpha value is -2.35. The molecule has 0 N–H and O–H groups in total. The Balaban J connectivity index is 1.41. The number of amides is 1. The molecule has 6 nitrogen and oxygen atoms in total. The molecule has 4 heterocycles. The van der Waals surface area contributed by atoms with Gasteiger partial charge in [-0.2, -0.15) is 5.10 Å². The number of pyridine rings is 1. The maximum absolute atomic E-state index is 13.6. The largest absolute Gasteiger partial charge is 0.272 e. The molecule has 0 aliphatic carbocycles. The molecule has 2 aliphatic heterocycles. The van der Waals surface area contributed by atoms with E-state index in [1.165, 1.54) is 28.2 Å². The second-order valence-electron chi connectivity index (χ2n) is 8.43. The topological polar surface area (TPSA) is 54.3 Å². The number of aryl methyl sites for hydroxylation is 1. The summed E-state index contributed by atoms with van der Waals surface area (Å²) in [6, 6.07) is 8.73. The fourth-order valence-corrected chi connectivity index (χ4v) is 6.46. The van der Waals surface area contributed by atoms with E-state index < -0.39 is 0 Å². The molecule has 5 rings (SSSR count). The van der Waals surface area contributed by atoms with E-state index in [0.717, 1.165) is 25.1 Å². The highest BCUT2D eigenvalue weighted by Crippen LogP contribution is 2.40. The lowest BCUT2D eigenvalue weighted by atomic mass is 10.1. The summed E-state index contributed by atoms with van der Waals surface area (Å²) in [5.74, 6) is 2.91. The van der Waals surface area contributed by atoms with E-state index >= 15 is 0 Å². The molecule has 1 saturated heterocycles. The molecule has 1 fully saturated rings. The molecule has 0 spiro atoms. The van der Waals surface area contributed by atoms with Crippen LogP contribution in [0.25, 0.3) is 5.82 Å². The van der Waals surface area contributed by atoms with Gasteiger partial charge in [0.05, 0.1) is 23.0 Å². The van der Waals surface area contributed by atoms with Crippen LogP contribution in [0.5, 0.6) is 0 Å². The summed E-state index contributed by atoms with van der Waals surface area (Å²) < 4.78 is 1.57. The first-order valence-corrected chi connectivity index (χ1v) is 13.0. The second-order valence-corrected chi connectivity index (χ2v) is 11.2. The van der Waals surface area contributed by atoms with Gasteiger partial charge in [0, 0.05) is 37.3 Å². The molecule has 8 heteroatoms. The average molecular weight is 456 g/mol. The average Bonchev–Trinajstić information content (AvgIpc) is 3.46. The van der Waals surface area contributed by atoms with E-state index in [9.17, 15) is 4.79 Å². The highest BCUT2D eigenvalue weighted by atomic mass is 35.5. The lowest BCUT2D eigenvalue weighted by Crippen LogP contribution is -2.41. The van der Waals surface area contributed by atoms with Crippen molar-refractivity contribution in [3.63, 3.8) is 0 Å². The van der Waals surface area contributed by atoms with E-state index in [1.807, 2.05) is 18.0 Å². The zero-order valence-corrected chi connectivity index (χ0v) is 19.4. The second kappa shape index (κ2) is 8.30. The summed E-state index contributed by atoms with van der Waals surface area (Å²) in [6.45, 7) is 4.25. The molecule has 3 aromatic rings. The molecule has 1 unspecified atom stereocenters. The van der Waals surface area contributed by atoms with Gasteiger partial charge in [0.2, 0.25) is 0 Å². The molecule has 1 aromatic carbocycles. The predicted molar refractivity (Wildman–Crippen MR) is 126 cm³/mol. The van der Waals surface area contributed by atoms with Crippen LogP contribution in [0, 0.1) is 6.92 Å². The number of hydrogen-bond acceptors (Lipinski definition) is 4. The standard InChI is InChI=1S/C23H26ClN5OS/c1-16-8-21(22(25-10-16)28-13-20(24)11-26-28)23(30)29-7-3-6-27(29)12-17-4-5-18-14-31(2)15-19(18)9-17/h4-5,8-11,13,31H,3,6-7,12,14-15H2,1-2H3. The number of rotatable bonds is 4. The van der Waals surface area contributed by atoms with Crippen molar-refractivity contribution in [3.8, 4) is 5.82 Å². The quantitative estimate of drug-likeness (QED) is 0.601. The highest BCUT2D eigenvalue weighted by molar-refractivity contribution is 8.15. The third-order valence-corrected chi connectivity index (χ3v) is 7.84. The van der Waals surface area contributed by atoms with Crippen molar-refractivity contribution in [2.45, 2.75) is 31.4 Å². The van der Waals surface area contributed by atoms with Gasteiger partial charge < -0.3 is 0 Å². The summed E-state index contributed by atoms with van der Waals surface area (Å²) in [6.07, 6.45) is 8.30. The number of hydrazine groups is 1. The van der Waals surface area contributed by atoms with E-state index in [-0.39, 0.29) is 16.8 Å². The zero-order valence-electron chi connectivity index (χ0n) is 17.8. The number of carbonyl (C=O) groups excluding carboxylic acids is 1. The Bertz CT molecular complexity index is 1150. The van der Waals surface area contributed by atoms with Crippen LogP contribution in [-0.2, 0) is 18.1 Å². The van der Waals surface area contributed by atoms with Crippen molar-refractivity contribution in [1.29, 1.82) is 0 Å².